The van der Waals surface area contributed by atoms with Gasteiger partial charge in [-0.25, -0.2) is 38.9 Å². The summed E-state index contributed by atoms with van der Waals surface area (Å²) in [5.74, 6) is 112. The number of aliphatic hydroxyl groups excluding tert-OH is 1. The van der Waals surface area contributed by atoms with Gasteiger partial charge in [-0.15, -0.1) is 77.8 Å². The van der Waals surface area contributed by atoms with E-state index in [4.69, 9.17) is 31.2 Å². The normalized spacial score (nSPS) is 7.78. The first-order valence-electron chi connectivity index (χ1n) is 35.8. The molecule has 6 aromatic rings. The molecule has 0 saturated carbocycles. The number of aliphatic hydroxyl groups is 1. The zero-order chi connectivity index (χ0) is 95.8. The van der Waals surface area contributed by atoms with Crippen molar-refractivity contribution in [3.63, 3.8) is 0 Å². The molecule has 3 aromatic carbocycles. The minimum atomic E-state index is -1.05. The molecule has 0 aliphatic rings. The molecule has 2 amide bonds. The van der Waals surface area contributed by atoms with E-state index in [1.165, 1.54) is 66.9 Å². The van der Waals surface area contributed by atoms with Crippen LogP contribution in [-0.2, 0) is 18.9 Å². The molecule has 0 aliphatic carbocycles. The van der Waals surface area contributed by atoms with E-state index < -0.39 is 38.0 Å². The first-order valence-corrected chi connectivity index (χ1v) is 54.3. The maximum Gasteiger partial charge on any atom is 1.00 e. The van der Waals surface area contributed by atoms with Gasteiger partial charge in [0.1, 0.15) is 54.2 Å². The van der Waals surface area contributed by atoms with Crippen molar-refractivity contribution < 1.29 is 92.1 Å². The van der Waals surface area contributed by atoms with Crippen LogP contribution in [-0.4, -0.2) is 112 Å². The summed E-state index contributed by atoms with van der Waals surface area (Å²) in [7, 11) is 19.8. The summed E-state index contributed by atoms with van der Waals surface area (Å²) in [5, 5.41) is 35.5. The van der Waals surface area contributed by atoms with Gasteiger partial charge in [0.25, 0.3) is 0 Å². The summed E-state index contributed by atoms with van der Waals surface area (Å²) >= 11 is 0. The number of pyridine rings is 3. The van der Waals surface area contributed by atoms with Gasteiger partial charge >= 0.3 is 49.0 Å². The first-order chi connectivity index (χ1) is 62.4. The van der Waals surface area contributed by atoms with Gasteiger partial charge in [-0.05, 0) is 238 Å². The van der Waals surface area contributed by atoms with Crippen molar-refractivity contribution in [2.75, 3.05) is 34.0 Å². The Kier molecular flexibility index (Phi) is 83.8. The Bertz CT molecular complexity index is 6200. The Morgan fingerprint density at radius 2 is 0.656 bits per heavy atom. The molecule has 0 radical (unpaired) electrons. The molecule has 3 aromatic heterocycles. The predicted molar refractivity (Wildman–Crippen MR) is 546 cm³/mol. The summed E-state index contributed by atoms with van der Waals surface area (Å²) in [6, 6.07) is 41.2. The number of nitrogens with zero attached hydrogens (tertiary/aromatic N) is 5. The number of carboxylic acid groups (broad SMARTS) is 1. The number of hydrogen-bond donors (Lipinski definition) is 3. The average molecular weight is 1930 g/mol. The van der Waals surface area contributed by atoms with E-state index in [0.29, 0.717) is 18.1 Å². The molecule has 0 bridgehead atoms. The van der Waals surface area contributed by atoms with Gasteiger partial charge in [-0.2, -0.15) is 0 Å². The Morgan fingerprint density at radius 3 is 0.855 bits per heavy atom. The minimum Gasteiger partial charge on any atom is -0.870 e. The van der Waals surface area contributed by atoms with Crippen LogP contribution in [0.3, 0.4) is 0 Å². The SMILES string of the molecule is C#CC#CC#CC#CC#CC#CC#CC#CC#CC#CC#CC#CC#CC#CC#CC#CC#CC#CC#CC#CC.CC#CCO.CC#CCOc1ccc(C(=O)O)nc1.CC#CCOc1ccc(C(=O)OC)nc1.CC(C)OC(=O)N=NC(=O)OC(C)C.COC(=O)c1ccc(O)cn1.PP(P)P(P(P)P)P(P)P.[Li+].[OH-].c1ccc(P(c2ccccc2)c2ccccc2)cc1. The van der Waals surface area contributed by atoms with Crippen LogP contribution >= 0.6 is 89.4 Å². The number of aromatic hydroxyl groups is 1. The van der Waals surface area contributed by atoms with Crippen molar-refractivity contribution >= 4 is 135 Å². The zero-order valence-electron chi connectivity index (χ0n) is 72.4. The fraction of sp³-hybridized carbons (Fsp3) is 0.152. The molecule has 131 heavy (non-hydrogen) atoms. The molecule has 0 saturated heterocycles. The van der Waals surface area contributed by atoms with Crippen LogP contribution in [0.1, 0.15) is 86.9 Å². The fourth-order valence-corrected chi connectivity index (χ4v) is 95.5. The van der Waals surface area contributed by atoms with Gasteiger partial charge in [-0.3, -0.25) is 0 Å². The van der Waals surface area contributed by atoms with E-state index >= 15 is 0 Å². The van der Waals surface area contributed by atoms with Gasteiger partial charge in [-0.1, -0.05) is 125 Å². The number of benzene rings is 3. The zero-order valence-corrected chi connectivity index (χ0v) is 83.8. The van der Waals surface area contributed by atoms with Crippen molar-refractivity contribution in [2.45, 2.75) is 67.6 Å². The second-order valence-electron chi connectivity index (χ2n) is 21.3. The Labute approximate surface area is 801 Å². The van der Waals surface area contributed by atoms with Gasteiger partial charge in [0.05, 0.1) is 45.0 Å². The van der Waals surface area contributed by atoms with Gasteiger partial charge < -0.3 is 49.2 Å². The van der Waals surface area contributed by atoms with Crippen LogP contribution in [0.15, 0.2) is 156 Å². The van der Waals surface area contributed by atoms with Crippen LogP contribution in [0.5, 0.6) is 17.2 Å². The average Bonchev–Trinajstić information content (AvgIpc) is 0.817. The number of amides is 2. The number of carbonyl (C=O) groups is 5. The van der Waals surface area contributed by atoms with Gasteiger partial charge in [0, 0.05) is 130 Å². The molecule has 32 heteroatoms. The summed E-state index contributed by atoms with van der Waals surface area (Å²) in [5.41, 5.74) is 0.440. The van der Waals surface area contributed by atoms with Crippen LogP contribution in [0.2, 0.25) is 0 Å². The van der Waals surface area contributed by atoms with Crippen molar-refractivity contribution in [1.82, 2.24) is 15.0 Å². The molecule has 0 spiro atoms. The second kappa shape index (κ2) is 88.6. The summed E-state index contributed by atoms with van der Waals surface area (Å²) in [6.07, 6.45) is 6.56. The number of methoxy groups -OCH3 is 2. The molecule has 0 aliphatic heterocycles. The third-order valence-corrected chi connectivity index (χ3v) is 63.5. The largest absolute Gasteiger partial charge is 1.00 e. The number of aromatic carboxylic acids is 1. The van der Waals surface area contributed by atoms with E-state index in [-0.39, 0.29) is 101 Å². The third-order valence-electron chi connectivity index (χ3n) is 11.5. The predicted octanol–water partition coefficient (Wildman–Crippen LogP) is 11.9. The molecular weight excluding hydrogens is 1850 g/mol. The summed E-state index contributed by atoms with van der Waals surface area (Å²) in [6.45, 7) is 14.7. The van der Waals surface area contributed by atoms with Crippen LogP contribution in [0.25, 0.3) is 0 Å². The van der Waals surface area contributed by atoms with Crippen LogP contribution < -0.4 is 44.2 Å². The molecule has 6 rings (SSSR count). The first kappa shape index (κ1) is 124. The van der Waals surface area contributed by atoms with E-state index in [1.807, 2.05) is 0 Å². The van der Waals surface area contributed by atoms with Gasteiger partial charge in [0.15, 0.2) is 0 Å². The van der Waals surface area contributed by atoms with Crippen molar-refractivity contribution in [3.05, 3.63) is 163 Å². The number of carbonyl (C=O) groups excluding carboxylic acids is 4. The van der Waals surface area contributed by atoms with Crippen LogP contribution in [0, 0.1) is 273 Å². The van der Waals surface area contributed by atoms with Gasteiger partial charge in [0.2, 0.25) is 0 Å². The van der Waals surface area contributed by atoms with Crippen molar-refractivity contribution in [2.24, 2.45) is 10.2 Å². The monoisotopic (exact) mass is 1930 g/mol. The van der Waals surface area contributed by atoms with Crippen molar-refractivity contribution in [3.8, 4) is 290 Å². The summed E-state index contributed by atoms with van der Waals surface area (Å²) < 4.78 is 28.5. The number of azo groups is 1. The third kappa shape index (κ3) is 74.2. The number of esters is 2. The van der Waals surface area contributed by atoms with Crippen LogP contribution in [0.4, 0.5) is 9.59 Å². The van der Waals surface area contributed by atoms with E-state index in [0.717, 1.165) is 0 Å². The number of aromatic nitrogens is 3. The van der Waals surface area contributed by atoms with E-state index in [9.17, 15) is 24.0 Å². The number of ether oxygens (including phenoxy) is 6. The molecule has 6 unspecified atom stereocenters. The molecule has 0 fully saturated rings. The van der Waals surface area contributed by atoms with E-state index in [1.54, 1.807) is 73.6 Å². The van der Waals surface area contributed by atoms with E-state index in [2.05, 4.69) is 455 Å². The number of carboxylic acids is 1. The maximum atomic E-state index is 11.0. The molecule has 20 nitrogen and oxygen atoms in total. The quantitative estimate of drug-likeness (QED) is 0.0215. The number of terminal acetylenes is 1. The Balaban J connectivity index is -0.000000756. The molecule has 6 atom stereocenters. The number of rotatable bonds is 15. The topological polar surface area (TPSA) is 295 Å². The maximum absolute atomic E-state index is 11.0. The molecule has 4 N–H and O–H groups in total. The van der Waals surface area contributed by atoms with Crippen molar-refractivity contribution in [1.29, 1.82) is 0 Å². The standard InChI is InChI=1S/C41H4.C18H15P.C11H11NO3.C10H9NO3.C8H14N2O4.C7H7NO3.C4H6O.Li.H2O.H12P10/c1-3-5-7-9-11-13-15-17-19-21-23-25-27-29-31-33-35-37-39-41-40-38-36-34-32-30-28-26-24-22-20-18-16-14-12-10-8-6-4-2;1-4-10-16(11-5-1)19(17-12-6-2-7-13-17)18-14-8-3-9-15-18;1-3-4-7-15-9-5-6-10(12-8-9)11(13)14-2;1-2-3-6-14-8-4-5-9(10(12)13)11-7-8;1-5(2)13-7(11)9-10-8(12)14-6(3)4;1-11-7(10)6-3-2-5(9)4-8-6;1-2-3-4-5;;;1-7(2)10(8(3)4)9(5)6/h1H,2H3;1-15H;5-6,8H,7H2,1-2H3;4-5,7H,6H2,1H3,(H,12,13);5-6H,1-4H3;2-4,9H,1H3;5H,4H2,1H3;;1H2;1-6H2/q;;;;;;;+1;;/p-1. The molecule has 3 heterocycles. The minimum absolute atomic E-state index is 0. The Hall–Kier alpha value is -13.4. The second-order valence-corrected chi connectivity index (χ2v) is 60.1. The molecular formula is C99H79LiN5O15P11. The fourth-order valence-electron chi connectivity index (χ4n) is 6.62. The Morgan fingerprint density at radius 1 is 0.389 bits per heavy atom. The smallest absolute Gasteiger partial charge is 0.870 e. The number of hydrogen-bond acceptors (Lipinski definition) is 17. The summed E-state index contributed by atoms with van der Waals surface area (Å²) in [4.78, 5) is 64.9. The molecule has 646 valence electrons.